The fraction of sp³-hybridized carbons (Fsp3) is 0.278. The number of aliphatic imine (C=N–C) groups is 1. The number of hydrogen-bond acceptors (Lipinski definition) is 3. The molecule has 0 saturated heterocycles. The number of halogens is 2. The first-order valence-corrected chi connectivity index (χ1v) is 7.75. The van der Waals surface area contributed by atoms with Gasteiger partial charge in [0.2, 0.25) is 0 Å². The molecule has 7 heteroatoms. The van der Waals surface area contributed by atoms with Crippen molar-refractivity contribution in [3.63, 3.8) is 0 Å². The zero-order valence-corrected chi connectivity index (χ0v) is 16.6. The third-order valence-corrected chi connectivity index (χ3v) is 3.37. The summed E-state index contributed by atoms with van der Waals surface area (Å²) in [5, 5.41) is 15.5. The van der Waals surface area contributed by atoms with Gasteiger partial charge in [0.15, 0.2) is 17.5 Å². The summed E-state index contributed by atoms with van der Waals surface area (Å²) in [6.07, 6.45) is 0. The van der Waals surface area contributed by atoms with Crippen LogP contribution >= 0.6 is 24.0 Å². The Morgan fingerprint density at radius 1 is 1.16 bits per heavy atom. The highest BCUT2D eigenvalue weighted by Gasteiger charge is 2.03. The van der Waals surface area contributed by atoms with Crippen molar-refractivity contribution >= 4 is 29.9 Å². The van der Waals surface area contributed by atoms with Gasteiger partial charge in [-0.15, -0.1) is 24.0 Å². The van der Waals surface area contributed by atoms with Gasteiger partial charge in [0.1, 0.15) is 5.75 Å². The van der Waals surface area contributed by atoms with E-state index in [0.717, 1.165) is 16.9 Å². The van der Waals surface area contributed by atoms with E-state index in [-0.39, 0.29) is 29.7 Å². The molecule has 0 fully saturated rings. The molecule has 2 rings (SSSR count). The summed E-state index contributed by atoms with van der Waals surface area (Å²) in [5.41, 5.74) is 1.75. The summed E-state index contributed by atoms with van der Waals surface area (Å²) in [5.74, 6) is 0.444. The van der Waals surface area contributed by atoms with E-state index in [1.165, 1.54) is 12.1 Å². The quantitative estimate of drug-likeness (QED) is 0.352. The number of rotatable bonds is 6. The lowest BCUT2D eigenvalue weighted by atomic mass is 10.2. The molecule has 0 aliphatic heterocycles. The van der Waals surface area contributed by atoms with E-state index in [4.69, 9.17) is 4.74 Å². The highest BCUT2D eigenvalue weighted by molar-refractivity contribution is 14.0. The Balaban J connectivity index is 0.00000312. The van der Waals surface area contributed by atoms with Crippen LogP contribution in [0, 0.1) is 5.82 Å². The number of benzene rings is 2. The Morgan fingerprint density at radius 2 is 1.96 bits per heavy atom. The predicted molar refractivity (Wildman–Crippen MR) is 108 cm³/mol. The second kappa shape index (κ2) is 10.8. The van der Waals surface area contributed by atoms with Gasteiger partial charge < -0.3 is 20.5 Å². The largest absolute Gasteiger partial charge is 0.505 e. The molecule has 5 nitrogen and oxygen atoms in total. The van der Waals surface area contributed by atoms with E-state index < -0.39 is 5.82 Å². The van der Waals surface area contributed by atoms with Crippen LogP contribution in [0.5, 0.6) is 11.5 Å². The van der Waals surface area contributed by atoms with E-state index in [2.05, 4.69) is 15.6 Å². The third-order valence-electron chi connectivity index (χ3n) is 3.37. The first-order valence-electron chi connectivity index (χ1n) is 7.75. The SMILES string of the molecule is CCNC(=NCc1cccc(OC)c1)NCc1ccc(O)c(F)c1.I. The molecule has 0 aliphatic carbocycles. The maximum Gasteiger partial charge on any atom is 0.191 e. The summed E-state index contributed by atoms with van der Waals surface area (Å²) in [6.45, 7) is 3.59. The molecule has 0 radical (unpaired) electrons. The van der Waals surface area contributed by atoms with Crippen molar-refractivity contribution in [2.45, 2.75) is 20.0 Å². The van der Waals surface area contributed by atoms with E-state index in [9.17, 15) is 9.50 Å². The molecule has 136 valence electrons. The van der Waals surface area contributed by atoms with Crippen LogP contribution in [0.3, 0.4) is 0 Å². The molecule has 2 aromatic rings. The lowest BCUT2D eigenvalue weighted by Gasteiger charge is -2.12. The lowest BCUT2D eigenvalue weighted by Crippen LogP contribution is -2.36. The molecule has 0 aliphatic rings. The number of hydrogen-bond donors (Lipinski definition) is 3. The minimum Gasteiger partial charge on any atom is -0.505 e. The number of phenolic OH excluding ortho intramolecular Hbond substituents is 1. The standard InChI is InChI=1S/C18H22FN3O2.HI/c1-3-20-18(21-11-13-5-4-6-15(9-13)24-2)22-12-14-7-8-17(23)16(19)10-14;/h4-10,23H,3,11-12H2,1-2H3,(H2,20,21,22);1H. The molecule has 0 aromatic heterocycles. The molecular formula is C18H23FIN3O2. The highest BCUT2D eigenvalue weighted by atomic mass is 127. The second-order valence-electron chi connectivity index (χ2n) is 5.19. The van der Waals surface area contributed by atoms with Gasteiger partial charge in [-0.1, -0.05) is 18.2 Å². The topological polar surface area (TPSA) is 65.9 Å². The van der Waals surface area contributed by atoms with Gasteiger partial charge in [-0.05, 0) is 42.3 Å². The molecule has 0 heterocycles. The average molecular weight is 459 g/mol. The molecule has 0 spiro atoms. The number of nitrogens with one attached hydrogen (secondary N) is 2. The molecular weight excluding hydrogens is 436 g/mol. The Kier molecular flexibility index (Phi) is 9.04. The Morgan fingerprint density at radius 3 is 2.64 bits per heavy atom. The van der Waals surface area contributed by atoms with Crippen molar-refractivity contribution < 1.29 is 14.2 Å². The number of nitrogens with zero attached hydrogens (tertiary/aromatic N) is 1. The molecule has 0 saturated carbocycles. The summed E-state index contributed by atoms with van der Waals surface area (Å²) in [4.78, 5) is 4.51. The first kappa shape index (κ1) is 21.0. The molecule has 0 amide bonds. The number of guanidine groups is 1. The summed E-state index contributed by atoms with van der Waals surface area (Å²) < 4.78 is 18.6. The summed E-state index contributed by atoms with van der Waals surface area (Å²) >= 11 is 0. The Bertz CT molecular complexity index is 710. The molecule has 0 unspecified atom stereocenters. The van der Waals surface area contributed by atoms with Crippen molar-refractivity contribution in [3.05, 3.63) is 59.4 Å². The number of phenols is 1. The average Bonchev–Trinajstić information content (AvgIpc) is 2.60. The van der Waals surface area contributed by atoms with E-state index in [0.29, 0.717) is 25.6 Å². The minimum atomic E-state index is -0.632. The summed E-state index contributed by atoms with van der Waals surface area (Å²) in [7, 11) is 1.63. The van der Waals surface area contributed by atoms with Crippen LogP contribution in [-0.4, -0.2) is 24.7 Å². The second-order valence-corrected chi connectivity index (χ2v) is 5.19. The normalized spacial score (nSPS) is 10.8. The van der Waals surface area contributed by atoms with Gasteiger partial charge in [0.05, 0.1) is 13.7 Å². The fourth-order valence-electron chi connectivity index (χ4n) is 2.13. The molecule has 2 aromatic carbocycles. The molecule has 3 N–H and O–H groups in total. The smallest absolute Gasteiger partial charge is 0.191 e. The first-order chi connectivity index (χ1) is 11.6. The lowest BCUT2D eigenvalue weighted by molar-refractivity contribution is 0.414. The Hall–Kier alpha value is -2.03. The monoisotopic (exact) mass is 459 g/mol. The van der Waals surface area contributed by atoms with E-state index in [1.54, 1.807) is 13.2 Å². The predicted octanol–water partition coefficient (Wildman–Crippen LogP) is 3.41. The van der Waals surface area contributed by atoms with Crippen molar-refractivity contribution in [1.82, 2.24) is 10.6 Å². The van der Waals surface area contributed by atoms with Gasteiger partial charge in [-0.2, -0.15) is 0 Å². The van der Waals surface area contributed by atoms with Gasteiger partial charge in [-0.25, -0.2) is 9.38 Å². The zero-order valence-electron chi connectivity index (χ0n) is 14.3. The van der Waals surface area contributed by atoms with Crippen LogP contribution in [0.1, 0.15) is 18.1 Å². The van der Waals surface area contributed by atoms with Crippen LogP contribution < -0.4 is 15.4 Å². The van der Waals surface area contributed by atoms with Gasteiger partial charge in [0, 0.05) is 13.1 Å². The van der Waals surface area contributed by atoms with Crippen LogP contribution in [-0.2, 0) is 13.1 Å². The van der Waals surface area contributed by atoms with Crippen molar-refractivity contribution in [2.75, 3.05) is 13.7 Å². The van der Waals surface area contributed by atoms with Gasteiger partial charge >= 0.3 is 0 Å². The fourth-order valence-corrected chi connectivity index (χ4v) is 2.13. The maximum absolute atomic E-state index is 13.4. The van der Waals surface area contributed by atoms with Crippen molar-refractivity contribution in [1.29, 1.82) is 0 Å². The van der Waals surface area contributed by atoms with Gasteiger partial charge in [0.25, 0.3) is 0 Å². The van der Waals surface area contributed by atoms with Crippen LogP contribution in [0.25, 0.3) is 0 Å². The number of ether oxygens (including phenoxy) is 1. The van der Waals surface area contributed by atoms with Crippen molar-refractivity contribution in [2.24, 2.45) is 4.99 Å². The Labute approximate surface area is 164 Å². The maximum atomic E-state index is 13.4. The van der Waals surface area contributed by atoms with E-state index >= 15 is 0 Å². The van der Waals surface area contributed by atoms with Crippen LogP contribution in [0.2, 0.25) is 0 Å². The molecule has 0 bridgehead atoms. The van der Waals surface area contributed by atoms with Crippen molar-refractivity contribution in [3.8, 4) is 11.5 Å². The zero-order chi connectivity index (χ0) is 17.4. The molecule has 25 heavy (non-hydrogen) atoms. The van der Waals surface area contributed by atoms with Gasteiger partial charge in [-0.3, -0.25) is 0 Å². The third kappa shape index (κ3) is 6.77. The van der Waals surface area contributed by atoms with Crippen LogP contribution in [0.4, 0.5) is 4.39 Å². The van der Waals surface area contributed by atoms with Crippen LogP contribution in [0.15, 0.2) is 47.5 Å². The van der Waals surface area contributed by atoms with E-state index in [1.807, 2.05) is 31.2 Å². The highest BCUT2D eigenvalue weighted by Crippen LogP contribution is 2.16. The molecule has 0 atom stereocenters. The number of aromatic hydroxyl groups is 1. The number of methoxy groups -OCH3 is 1. The summed E-state index contributed by atoms with van der Waals surface area (Å²) in [6, 6.07) is 12.0. The minimum absolute atomic E-state index is 0.